The Bertz CT molecular complexity index is 277. The topological polar surface area (TPSA) is 61.0 Å². The minimum Gasteiger partial charge on any atom is -0.473 e. The summed E-state index contributed by atoms with van der Waals surface area (Å²) in [6.07, 6.45) is 1.57. The van der Waals surface area contributed by atoms with Gasteiger partial charge in [-0.1, -0.05) is 0 Å². The number of ether oxygens (including phenoxy) is 1. The molecule has 1 aromatic heterocycles. The van der Waals surface area contributed by atoms with Gasteiger partial charge in [0.05, 0.1) is 12.3 Å². The molecular formula is C7H10BrN3O. The zero-order valence-corrected chi connectivity index (χ0v) is 8.50. The summed E-state index contributed by atoms with van der Waals surface area (Å²) >= 11 is 3.13. The lowest BCUT2D eigenvalue weighted by Gasteiger charge is -2.09. The van der Waals surface area contributed by atoms with E-state index >= 15 is 0 Å². The van der Waals surface area contributed by atoms with E-state index in [1.165, 1.54) is 6.20 Å². The Hall–Kier alpha value is -0.840. The van der Waals surface area contributed by atoms with Gasteiger partial charge < -0.3 is 10.5 Å². The van der Waals surface area contributed by atoms with Crippen molar-refractivity contribution in [1.82, 2.24) is 9.97 Å². The fraction of sp³-hybridized carbons (Fsp3) is 0.429. The first-order chi connectivity index (χ1) is 5.59. The van der Waals surface area contributed by atoms with Crippen LogP contribution in [-0.4, -0.2) is 16.1 Å². The summed E-state index contributed by atoms with van der Waals surface area (Å²) < 4.78 is 5.80. The van der Waals surface area contributed by atoms with Gasteiger partial charge in [0.25, 0.3) is 0 Å². The Labute approximate surface area is 79.3 Å². The lowest BCUT2D eigenvalue weighted by Crippen LogP contribution is -2.09. The molecule has 0 saturated heterocycles. The molecule has 0 aliphatic carbocycles. The van der Waals surface area contributed by atoms with Crippen molar-refractivity contribution in [1.29, 1.82) is 0 Å². The number of aromatic nitrogens is 2. The summed E-state index contributed by atoms with van der Waals surface area (Å²) in [6, 6.07) is 0. The molecule has 0 atom stereocenters. The van der Waals surface area contributed by atoms with Crippen LogP contribution in [-0.2, 0) is 0 Å². The van der Waals surface area contributed by atoms with Crippen LogP contribution in [0.4, 0.5) is 5.69 Å². The monoisotopic (exact) mass is 231 g/mol. The van der Waals surface area contributed by atoms with Crippen LogP contribution in [0.3, 0.4) is 0 Å². The Morgan fingerprint density at radius 2 is 2.25 bits per heavy atom. The quantitative estimate of drug-likeness (QED) is 0.787. The molecule has 4 nitrogen and oxygen atoms in total. The number of rotatable bonds is 2. The second-order valence-corrected chi connectivity index (χ2v) is 3.28. The average molecular weight is 232 g/mol. The highest BCUT2D eigenvalue weighted by atomic mass is 79.9. The van der Waals surface area contributed by atoms with Gasteiger partial charge in [0.1, 0.15) is 5.69 Å². The third-order valence-electron chi connectivity index (χ3n) is 1.10. The first-order valence-corrected chi connectivity index (χ1v) is 4.33. The summed E-state index contributed by atoms with van der Waals surface area (Å²) in [5, 5.41) is 0. The minimum atomic E-state index is 0.0640. The lowest BCUT2D eigenvalue weighted by atomic mass is 10.4. The Morgan fingerprint density at radius 1 is 1.58 bits per heavy atom. The van der Waals surface area contributed by atoms with E-state index in [1.807, 2.05) is 13.8 Å². The zero-order chi connectivity index (χ0) is 9.14. The molecule has 2 N–H and O–H groups in total. The maximum atomic E-state index is 5.57. The van der Waals surface area contributed by atoms with E-state index in [4.69, 9.17) is 10.5 Å². The maximum absolute atomic E-state index is 5.57. The molecule has 5 heteroatoms. The maximum Gasteiger partial charge on any atom is 0.241 e. The van der Waals surface area contributed by atoms with E-state index in [9.17, 15) is 0 Å². The summed E-state index contributed by atoms with van der Waals surface area (Å²) in [7, 11) is 0. The smallest absolute Gasteiger partial charge is 0.241 e. The zero-order valence-electron chi connectivity index (χ0n) is 6.91. The van der Waals surface area contributed by atoms with Crippen LogP contribution in [0, 0.1) is 0 Å². The fourth-order valence-corrected chi connectivity index (χ4v) is 0.936. The molecular weight excluding hydrogens is 222 g/mol. The highest BCUT2D eigenvalue weighted by Crippen LogP contribution is 2.19. The average Bonchev–Trinajstić information content (AvgIpc) is 1.96. The van der Waals surface area contributed by atoms with Gasteiger partial charge in [-0.3, -0.25) is 0 Å². The van der Waals surface area contributed by atoms with Crippen molar-refractivity contribution in [3.8, 4) is 5.88 Å². The molecule has 1 heterocycles. The molecule has 0 saturated carbocycles. The van der Waals surface area contributed by atoms with Crippen molar-refractivity contribution in [2.75, 3.05) is 5.73 Å². The molecule has 0 radical (unpaired) electrons. The molecule has 0 aliphatic rings. The van der Waals surface area contributed by atoms with Gasteiger partial charge in [-0.05, 0) is 29.8 Å². The Kier molecular flexibility index (Phi) is 2.86. The molecule has 66 valence electrons. The predicted octanol–water partition coefficient (Wildman–Crippen LogP) is 1.61. The molecule has 0 bridgehead atoms. The van der Waals surface area contributed by atoms with Crippen molar-refractivity contribution < 1.29 is 4.74 Å². The van der Waals surface area contributed by atoms with Gasteiger partial charge in [0, 0.05) is 0 Å². The van der Waals surface area contributed by atoms with Gasteiger partial charge >= 0.3 is 0 Å². The lowest BCUT2D eigenvalue weighted by molar-refractivity contribution is 0.233. The fourth-order valence-electron chi connectivity index (χ4n) is 0.673. The number of halogens is 1. The molecule has 0 aliphatic heterocycles. The molecule has 1 aromatic rings. The third-order valence-corrected chi connectivity index (χ3v) is 1.48. The Morgan fingerprint density at radius 3 is 2.83 bits per heavy atom. The number of anilines is 1. The van der Waals surface area contributed by atoms with Crippen LogP contribution in [0.5, 0.6) is 5.88 Å². The third kappa shape index (κ3) is 2.34. The van der Waals surface area contributed by atoms with Crippen molar-refractivity contribution in [3.63, 3.8) is 0 Å². The first kappa shape index (κ1) is 9.25. The van der Waals surface area contributed by atoms with Crippen molar-refractivity contribution in [2.45, 2.75) is 20.0 Å². The molecule has 0 amide bonds. The number of hydrogen-bond donors (Lipinski definition) is 1. The van der Waals surface area contributed by atoms with Crippen molar-refractivity contribution in [2.24, 2.45) is 0 Å². The number of nitrogen functional groups attached to an aromatic ring is 1. The highest BCUT2D eigenvalue weighted by molar-refractivity contribution is 9.10. The van der Waals surface area contributed by atoms with E-state index in [0.717, 1.165) is 0 Å². The summed E-state index contributed by atoms with van der Waals surface area (Å²) in [4.78, 5) is 7.82. The summed E-state index contributed by atoms with van der Waals surface area (Å²) in [5.41, 5.74) is 6.02. The molecule has 0 aromatic carbocycles. The summed E-state index contributed by atoms with van der Waals surface area (Å²) in [5.74, 6) is 0.423. The molecule has 12 heavy (non-hydrogen) atoms. The van der Waals surface area contributed by atoms with Crippen molar-refractivity contribution >= 4 is 21.6 Å². The largest absolute Gasteiger partial charge is 0.473 e. The number of nitrogens with two attached hydrogens (primary N) is 1. The van der Waals surface area contributed by atoms with Crippen LogP contribution < -0.4 is 10.5 Å². The highest BCUT2D eigenvalue weighted by Gasteiger charge is 2.05. The number of nitrogens with zero attached hydrogens (tertiary/aromatic N) is 2. The molecule has 0 fully saturated rings. The number of hydrogen-bond acceptors (Lipinski definition) is 4. The van der Waals surface area contributed by atoms with E-state index in [-0.39, 0.29) is 6.10 Å². The van der Waals surface area contributed by atoms with Crippen LogP contribution in [0.1, 0.15) is 13.8 Å². The second-order valence-electron chi connectivity index (χ2n) is 2.57. The normalized spacial score (nSPS) is 10.3. The molecule has 1 rings (SSSR count). The molecule has 0 spiro atoms. The van der Waals surface area contributed by atoms with Crippen LogP contribution in [0.15, 0.2) is 10.9 Å². The first-order valence-electron chi connectivity index (χ1n) is 3.54. The van der Waals surface area contributed by atoms with Gasteiger partial charge in [-0.15, -0.1) is 0 Å². The SMILES string of the molecule is CC(C)Oc1nc(Br)ncc1N. The Balaban J connectivity index is 2.90. The summed E-state index contributed by atoms with van der Waals surface area (Å²) in [6.45, 7) is 3.82. The standard InChI is InChI=1S/C7H10BrN3O/c1-4(2)12-6-5(9)3-10-7(8)11-6/h3-4H,9H2,1-2H3. The van der Waals surface area contributed by atoms with Crippen LogP contribution in [0.2, 0.25) is 0 Å². The van der Waals surface area contributed by atoms with Crippen molar-refractivity contribution in [3.05, 3.63) is 10.9 Å². The van der Waals surface area contributed by atoms with E-state index in [1.54, 1.807) is 0 Å². The van der Waals surface area contributed by atoms with Crippen LogP contribution in [0.25, 0.3) is 0 Å². The van der Waals surface area contributed by atoms with Gasteiger partial charge in [0.2, 0.25) is 5.88 Å². The minimum absolute atomic E-state index is 0.0640. The molecule has 0 unspecified atom stereocenters. The van der Waals surface area contributed by atoms with Crippen LogP contribution >= 0.6 is 15.9 Å². The van der Waals surface area contributed by atoms with E-state index in [2.05, 4.69) is 25.9 Å². The van der Waals surface area contributed by atoms with Gasteiger partial charge in [-0.2, -0.15) is 4.98 Å². The second kappa shape index (κ2) is 3.71. The van der Waals surface area contributed by atoms with E-state index in [0.29, 0.717) is 16.3 Å². The van der Waals surface area contributed by atoms with E-state index < -0.39 is 0 Å². The van der Waals surface area contributed by atoms with Gasteiger partial charge in [-0.25, -0.2) is 4.98 Å². The predicted molar refractivity (Wildman–Crippen MR) is 49.9 cm³/mol. The van der Waals surface area contributed by atoms with Gasteiger partial charge in [0.15, 0.2) is 4.73 Å².